The van der Waals surface area contributed by atoms with E-state index < -0.39 is 0 Å². The molecule has 0 N–H and O–H groups in total. The number of aryl methyl sites for hydroxylation is 1. The third-order valence-corrected chi connectivity index (χ3v) is 3.94. The van der Waals surface area contributed by atoms with Crippen molar-refractivity contribution in [3.63, 3.8) is 0 Å². The van der Waals surface area contributed by atoms with Gasteiger partial charge < -0.3 is 9.80 Å². The van der Waals surface area contributed by atoms with E-state index in [1.165, 1.54) is 23.2 Å². The molecule has 3 heteroatoms. The maximum absolute atomic E-state index is 4.64. The van der Waals surface area contributed by atoms with E-state index in [4.69, 9.17) is 0 Å². The van der Waals surface area contributed by atoms with Crippen LogP contribution in [0.1, 0.15) is 31.4 Å². The quantitative estimate of drug-likeness (QED) is 0.743. The van der Waals surface area contributed by atoms with Crippen molar-refractivity contribution >= 4 is 11.5 Å². The zero-order chi connectivity index (χ0) is 12.6. The van der Waals surface area contributed by atoms with Crippen LogP contribution in [-0.2, 0) is 0 Å². The van der Waals surface area contributed by atoms with E-state index in [2.05, 4.69) is 49.5 Å². The maximum atomic E-state index is 4.64. The minimum atomic E-state index is 0.589. The lowest BCUT2D eigenvalue weighted by atomic mass is 10.1. The summed E-state index contributed by atoms with van der Waals surface area (Å²) in [7, 11) is 2.15. The maximum Gasteiger partial charge on any atom is 0.152 e. The highest BCUT2D eigenvalue weighted by molar-refractivity contribution is 5.73. The van der Waals surface area contributed by atoms with E-state index in [0.717, 1.165) is 18.9 Å². The fraction of sp³-hybridized carbons (Fsp3) is 0.643. The van der Waals surface area contributed by atoms with Crippen molar-refractivity contribution in [1.29, 1.82) is 0 Å². The first-order valence-electron chi connectivity index (χ1n) is 6.50. The predicted octanol–water partition coefficient (Wildman–Crippen LogP) is 2.75. The normalized spacial score (nSPS) is 20.2. The molecule has 2 rings (SSSR count). The van der Waals surface area contributed by atoms with Crippen molar-refractivity contribution < 1.29 is 0 Å². The Hall–Kier alpha value is -1.25. The molecule has 1 atom stereocenters. The van der Waals surface area contributed by atoms with Crippen molar-refractivity contribution in [2.24, 2.45) is 0 Å². The summed E-state index contributed by atoms with van der Waals surface area (Å²) < 4.78 is 0. The summed E-state index contributed by atoms with van der Waals surface area (Å²) in [6.07, 6.45) is 3.19. The van der Waals surface area contributed by atoms with Gasteiger partial charge in [-0.1, -0.05) is 0 Å². The molecular formula is C14H23N3. The minimum Gasteiger partial charge on any atom is -0.366 e. The van der Waals surface area contributed by atoms with Crippen LogP contribution >= 0.6 is 0 Å². The Balaban J connectivity index is 2.61. The molecule has 0 spiro atoms. The summed E-state index contributed by atoms with van der Waals surface area (Å²) >= 11 is 0. The van der Waals surface area contributed by atoms with Gasteiger partial charge in [-0.3, -0.25) is 0 Å². The van der Waals surface area contributed by atoms with Crippen LogP contribution in [0.25, 0.3) is 0 Å². The molecule has 0 radical (unpaired) electrons. The zero-order valence-corrected chi connectivity index (χ0v) is 11.6. The largest absolute Gasteiger partial charge is 0.366 e. The van der Waals surface area contributed by atoms with Crippen LogP contribution in [0.15, 0.2) is 6.20 Å². The topological polar surface area (TPSA) is 19.4 Å². The molecule has 0 amide bonds. The van der Waals surface area contributed by atoms with Crippen LogP contribution in [0.4, 0.5) is 11.5 Å². The van der Waals surface area contributed by atoms with Crippen molar-refractivity contribution in [1.82, 2.24) is 4.98 Å². The van der Waals surface area contributed by atoms with Crippen LogP contribution in [0.5, 0.6) is 0 Å². The predicted molar refractivity (Wildman–Crippen MR) is 74.1 cm³/mol. The number of anilines is 2. The fourth-order valence-electron chi connectivity index (χ4n) is 2.63. The van der Waals surface area contributed by atoms with Gasteiger partial charge in [-0.2, -0.15) is 0 Å². The molecule has 1 aromatic rings. The molecule has 2 heterocycles. The van der Waals surface area contributed by atoms with Gasteiger partial charge in [-0.05, 0) is 45.2 Å². The molecule has 0 aliphatic carbocycles. The van der Waals surface area contributed by atoms with E-state index in [0.29, 0.717) is 6.04 Å². The summed E-state index contributed by atoms with van der Waals surface area (Å²) in [6.45, 7) is 11.0. The van der Waals surface area contributed by atoms with E-state index in [-0.39, 0.29) is 0 Å². The van der Waals surface area contributed by atoms with Gasteiger partial charge in [0.05, 0.1) is 5.69 Å². The van der Waals surface area contributed by atoms with E-state index in [1.54, 1.807) is 0 Å². The van der Waals surface area contributed by atoms with Gasteiger partial charge in [0.2, 0.25) is 0 Å². The van der Waals surface area contributed by atoms with Crippen molar-refractivity contribution in [2.75, 3.05) is 29.9 Å². The molecule has 1 aromatic heterocycles. The van der Waals surface area contributed by atoms with Gasteiger partial charge >= 0.3 is 0 Å². The summed E-state index contributed by atoms with van der Waals surface area (Å²) in [5.41, 5.74) is 3.99. The van der Waals surface area contributed by atoms with Gasteiger partial charge in [-0.15, -0.1) is 0 Å². The number of nitrogens with zero attached hydrogens (tertiary/aromatic N) is 3. The fourth-order valence-corrected chi connectivity index (χ4v) is 2.63. The molecule has 1 aliphatic heterocycles. The first-order valence-corrected chi connectivity index (χ1v) is 6.50. The summed E-state index contributed by atoms with van der Waals surface area (Å²) in [6, 6.07) is 0.589. The van der Waals surface area contributed by atoms with Crippen LogP contribution < -0.4 is 9.80 Å². The molecule has 94 valence electrons. The Kier molecular flexibility index (Phi) is 3.27. The molecule has 17 heavy (non-hydrogen) atoms. The Labute approximate surface area is 104 Å². The molecular weight excluding hydrogens is 210 g/mol. The second-order valence-corrected chi connectivity index (χ2v) is 5.08. The average Bonchev–Trinajstić information content (AvgIpc) is 2.43. The standard InChI is InChI=1S/C14H23N3/c1-6-17-11(3)7-8-16(5)14-13(17)12(4)10(2)9-15-14/h9,11H,6-8H2,1-5H3. The third kappa shape index (κ3) is 1.99. The van der Waals surface area contributed by atoms with Gasteiger partial charge in [0.1, 0.15) is 0 Å². The summed E-state index contributed by atoms with van der Waals surface area (Å²) in [5, 5.41) is 0. The Morgan fingerprint density at radius 3 is 2.76 bits per heavy atom. The van der Waals surface area contributed by atoms with Crippen LogP contribution in [0.3, 0.4) is 0 Å². The van der Waals surface area contributed by atoms with E-state index in [9.17, 15) is 0 Å². The molecule has 0 aromatic carbocycles. The molecule has 1 unspecified atom stereocenters. The number of aromatic nitrogens is 1. The second-order valence-electron chi connectivity index (χ2n) is 5.08. The SMILES string of the molecule is CCN1c2c(ncc(C)c2C)N(C)CCC1C. The van der Waals surface area contributed by atoms with Crippen LogP contribution in [0.2, 0.25) is 0 Å². The Morgan fingerprint density at radius 1 is 1.41 bits per heavy atom. The third-order valence-electron chi connectivity index (χ3n) is 3.94. The smallest absolute Gasteiger partial charge is 0.152 e. The monoisotopic (exact) mass is 233 g/mol. The first kappa shape index (κ1) is 12.2. The highest BCUT2D eigenvalue weighted by Gasteiger charge is 2.25. The number of hydrogen-bond donors (Lipinski definition) is 0. The van der Waals surface area contributed by atoms with E-state index >= 15 is 0 Å². The molecule has 3 nitrogen and oxygen atoms in total. The lowest BCUT2D eigenvalue weighted by Crippen LogP contribution is -2.33. The highest BCUT2D eigenvalue weighted by atomic mass is 15.3. The van der Waals surface area contributed by atoms with Crippen LogP contribution in [0, 0.1) is 13.8 Å². The summed E-state index contributed by atoms with van der Waals surface area (Å²) in [5.74, 6) is 1.14. The van der Waals surface area contributed by atoms with Crippen LogP contribution in [-0.4, -0.2) is 31.2 Å². The van der Waals surface area contributed by atoms with Crippen molar-refractivity contribution in [2.45, 2.75) is 40.2 Å². The number of fused-ring (bicyclic) bond motifs is 1. The molecule has 0 fully saturated rings. The molecule has 0 saturated heterocycles. The lowest BCUT2D eigenvalue weighted by Gasteiger charge is -2.30. The lowest BCUT2D eigenvalue weighted by molar-refractivity contribution is 0.613. The Morgan fingerprint density at radius 2 is 2.12 bits per heavy atom. The number of pyridine rings is 1. The van der Waals surface area contributed by atoms with Gasteiger partial charge in [-0.25, -0.2) is 4.98 Å². The Bertz CT molecular complexity index is 414. The molecule has 1 aliphatic rings. The van der Waals surface area contributed by atoms with Gasteiger partial charge in [0.25, 0.3) is 0 Å². The molecule has 0 bridgehead atoms. The number of rotatable bonds is 1. The molecule has 0 saturated carbocycles. The van der Waals surface area contributed by atoms with Gasteiger partial charge in [0, 0.05) is 32.4 Å². The average molecular weight is 233 g/mol. The minimum absolute atomic E-state index is 0.589. The first-order chi connectivity index (χ1) is 8.06. The summed E-state index contributed by atoms with van der Waals surface area (Å²) in [4.78, 5) is 9.42. The second kappa shape index (κ2) is 4.55. The van der Waals surface area contributed by atoms with Crippen molar-refractivity contribution in [3.05, 3.63) is 17.3 Å². The van der Waals surface area contributed by atoms with E-state index in [1.807, 2.05) is 6.20 Å². The zero-order valence-electron chi connectivity index (χ0n) is 11.6. The van der Waals surface area contributed by atoms with Crippen molar-refractivity contribution in [3.8, 4) is 0 Å². The van der Waals surface area contributed by atoms with Gasteiger partial charge in [0.15, 0.2) is 5.82 Å². The number of hydrogen-bond acceptors (Lipinski definition) is 3. The highest BCUT2D eigenvalue weighted by Crippen LogP contribution is 2.35.